The smallest absolute Gasteiger partial charge is 0.247 e. The average Bonchev–Trinajstić information content (AvgIpc) is 3.52. The maximum Gasteiger partial charge on any atom is 0.247 e. The molecule has 10 nitrogen and oxygen atoms in total. The number of carbonyl (C=O) groups is 2. The van der Waals surface area contributed by atoms with Gasteiger partial charge < -0.3 is 24.4 Å². The molecule has 1 aliphatic heterocycles. The van der Waals surface area contributed by atoms with E-state index in [1.165, 1.54) is 4.90 Å². The molecule has 1 unspecified atom stereocenters. The number of methoxy groups -OCH3 is 1. The van der Waals surface area contributed by atoms with Crippen molar-refractivity contribution in [2.24, 2.45) is 0 Å². The highest BCUT2D eigenvalue weighted by Crippen LogP contribution is 2.32. The highest BCUT2D eigenvalue weighted by molar-refractivity contribution is 7.88. The molecule has 0 spiro atoms. The van der Waals surface area contributed by atoms with Gasteiger partial charge in [-0.05, 0) is 46.5 Å². The highest BCUT2D eigenvalue weighted by atomic mass is 32.2. The Hall–Kier alpha value is -4.87. The van der Waals surface area contributed by atoms with Crippen molar-refractivity contribution in [1.29, 1.82) is 0 Å². The Morgan fingerprint density at radius 1 is 0.822 bits per heavy atom. The van der Waals surface area contributed by atoms with Gasteiger partial charge in [0.2, 0.25) is 28.6 Å². The number of ether oxygens (including phenoxy) is 3. The molecule has 4 aromatic carbocycles. The summed E-state index contributed by atoms with van der Waals surface area (Å²) >= 11 is 0. The van der Waals surface area contributed by atoms with Crippen LogP contribution in [0, 0.1) is 0 Å². The van der Waals surface area contributed by atoms with Crippen LogP contribution in [0.4, 0.5) is 0 Å². The number of benzene rings is 4. The van der Waals surface area contributed by atoms with Crippen molar-refractivity contribution in [1.82, 2.24) is 14.5 Å². The van der Waals surface area contributed by atoms with Crippen LogP contribution >= 0.6 is 0 Å². The highest BCUT2D eigenvalue weighted by Gasteiger charge is 2.34. The Balaban J connectivity index is 1.47. The summed E-state index contributed by atoms with van der Waals surface area (Å²) in [6, 6.07) is 29.5. The van der Waals surface area contributed by atoms with Crippen LogP contribution in [0.3, 0.4) is 0 Å². The third-order valence-corrected chi connectivity index (χ3v) is 8.59. The van der Waals surface area contributed by atoms with Crippen molar-refractivity contribution in [3.63, 3.8) is 0 Å². The van der Waals surface area contributed by atoms with Crippen molar-refractivity contribution in [2.75, 3.05) is 26.7 Å². The van der Waals surface area contributed by atoms with Crippen molar-refractivity contribution in [3.05, 3.63) is 125 Å². The fourth-order valence-electron chi connectivity index (χ4n) is 5.02. The van der Waals surface area contributed by atoms with E-state index in [0.717, 1.165) is 27.3 Å². The normalized spacial score (nSPS) is 12.9. The van der Waals surface area contributed by atoms with Gasteiger partial charge in [0.15, 0.2) is 11.5 Å². The first-order chi connectivity index (χ1) is 21.7. The molecule has 1 aliphatic rings. The van der Waals surface area contributed by atoms with Crippen molar-refractivity contribution in [3.8, 4) is 17.2 Å². The lowest BCUT2D eigenvalue weighted by molar-refractivity contribution is -0.141. The average molecular weight is 630 g/mol. The summed E-state index contributed by atoms with van der Waals surface area (Å²) in [7, 11) is -2.23. The van der Waals surface area contributed by atoms with Gasteiger partial charge in [-0.2, -0.15) is 4.31 Å². The van der Waals surface area contributed by atoms with Crippen LogP contribution in [0.15, 0.2) is 103 Å². The van der Waals surface area contributed by atoms with E-state index < -0.39 is 34.4 Å². The minimum absolute atomic E-state index is 0.00804. The Bertz CT molecular complexity index is 1720. The van der Waals surface area contributed by atoms with Gasteiger partial charge in [-0.25, -0.2) is 8.42 Å². The molecule has 0 bridgehead atoms. The summed E-state index contributed by atoms with van der Waals surface area (Å²) in [5.74, 6) is 0.921. The van der Waals surface area contributed by atoms with Crippen LogP contribution < -0.4 is 19.5 Å². The molecule has 0 radical (unpaired) electrons. The van der Waals surface area contributed by atoms with Gasteiger partial charge in [-0.1, -0.05) is 78.9 Å². The minimum atomic E-state index is -3.79. The lowest BCUT2D eigenvalue weighted by Gasteiger charge is -2.33. The van der Waals surface area contributed by atoms with Gasteiger partial charge in [-0.15, -0.1) is 0 Å². The van der Waals surface area contributed by atoms with E-state index >= 15 is 0 Å². The zero-order valence-corrected chi connectivity index (χ0v) is 25.9. The second kappa shape index (κ2) is 14.3. The lowest BCUT2D eigenvalue weighted by Crippen LogP contribution is -2.47. The molecule has 5 rings (SSSR count). The fourth-order valence-corrected chi connectivity index (χ4v) is 5.74. The molecule has 0 fully saturated rings. The summed E-state index contributed by atoms with van der Waals surface area (Å²) < 4.78 is 43.0. The monoisotopic (exact) mass is 629 g/mol. The summed E-state index contributed by atoms with van der Waals surface area (Å²) in [4.78, 5) is 29.7. The van der Waals surface area contributed by atoms with Crippen molar-refractivity contribution >= 4 is 21.8 Å². The number of fused-ring (bicyclic) bond motifs is 1. The number of sulfonamides is 1. The Morgan fingerprint density at radius 3 is 2.11 bits per heavy atom. The molecular formula is C34H35N3O7S. The quantitative estimate of drug-likeness (QED) is 0.235. The van der Waals surface area contributed by atoms with E-state index in [4.69, 9.17) is 14.2 Å². The number of rotatable bonds is 13. The SMILES string of the molecule is COc1ccc(CN(C(=O)CN(Cc2ccccc2)S(C)(=O)=O)C(C(=O)NCc2ccc3c(c2)OCO3)c2ccccc2)cc1. The second-order valence-corrected chi connectivity index (χ2v) is 12.6. The zero-order chi connectivity index (χ0) is 31.8. The number of nitrogens with zero attached hydrogens (tertiary/aromatic N) is 2. The number of nitrogens with one attached hydrogen (secondary N) is 1. The van der Waals surface area contributed by atoms with Crippen molar-refractivity contribution in [2.45, 2.75) is 25.7 Å². The van der Waals surface area contributed by atoms with Gasteiger partial charge in [0.25, 0.3) is 0 Å². The largest absolute Gasteiger partial charge is 0.497 e. The van der Waals surface area contributed by atoms with Crippen LogP contribution in [0.2, 0.25) is 0 Å². The predicted octanol–water partition coefficient (Wildman–Crippen LogP) is 4.27. The van der Waals surface area contributed by atoms with Crippen LogP contribution in [0.1, 0.15) is 28.3 Å². The molecule has 0 aromatic heterocycles. The Labute approximate surface area is 263 Å². The molecule has 0 aliphatic carbocycles. The minimum Gasteiger partial charge on any atom is -0.497 e. The lowest BCUT2D eigenvalue weighted by atomic mass is 10.0. The molecule has 45 heavy (non-hydrogen) atoms. The van der Waals surface area contributed by atoms with E-state index in [0.29, 0.717) is 22.8 Å². The van der Waals surface area contributed by atoms with Crippen LogP contribution in [0.5, 0.6) is 17.2 Å². The number of hydrogen-bond acceptors (Lipinski definition) is 7. The first kappa shape index (κ1) is 31.6. The summed E-state index contributed by atoms with van der Waals surface area (Å²) in [6.45, 7) is -0.0925. The van der Waals surface area contributed by atoms with Gasteiger partial charge in [0.05, 0.1) is 19.9 Å². The van der Waals surface area contributed by atoms with Crippen LogP contribution in [-0.4, -0.2) is 56.1 Å². The molecule has 1 heterocycles. The fraction of sp³-hybridized carbons (Fsp3) is 0.235. The third-order valence-electron chi connectivity index (χ3n) is 7.39. The summed E-state index contributed by atoms with van der Waals surface area (Å²) in [5.41, 5.74) is 2.84. The molecule has 2 amide bonds. The van der Waals surface area contributed by atoms with Crippen molar-refractivity contribution < 1.29 is 32.2 Å². The summed E-state index contributed by atoms with van der Waals surface area (Å²) in [5, 5.41) is 2.97. The predicted molar refractivity (Wildman–Crippen MR) is 169 cm³/mol. The third kappa shape index (κ3) is 8.20. The number of hydrogen-bond donors (Lipinski definition) is 1. The van der Waals surface area contributed by atoms with E-state index in [1.807, 2.05) is 42.5 Å². The first-order valence-corrected chi connectivity index (χ1v) is 16.2. The molecule has 1 atom stereocenters. The molecule has 234 valence electrons. The topological polar surface area (TPSA) is 114 Å². The molecular weight excluding hydrogens is 594 g/mol. The number of carbonyl (C=O) groups excluding carboxylic acids is 2. The number of amides is 2. The Kier molecular flexibility index (Phi) is 10.0. The maximum absolute atomic E-state index is 14.2. The molecule has 0 saturated heterocycles. The molecule has 4 aromatic rings. The van der Waals surface area contributed by atoms with E-state index in [9.17, 15) is 18.0 Å². The summed E-state index contributed by atoms with van der Waals surface area (Å²) in [6.07, 6.45) is 1.07. The standard InChI is InChI=1S/C34H35N3O7S/c1-42-29-16-13-26(14-17-29)22-37(32(38)23-36(45(2,40)41)21-25-9-5-3-6-10-25)33(28-11-7-4-8-12-28)34(39)35-20-27-15-18-30-31(19-27)44-24-43-30/h3-19,33H,20-24H2,1-2H3,(H,35,39). The Morgan fingerprint density at radius 2 is 1.44 bits per heavy atom. The second-order valence-electron chi connectivity index (χ2n) is 10.6. The van der Waals surface area contributed by atoms with E-state index in [2.05, 4.69) is 5.32 Å². The molecule has 0 saturated carbocycles. The molecule has 11 heteroatoms. The maximum atomic E-state index is 14.2. The van der Waals surface area contributed by atoms with Gasteiger partial charge >= 0.3 is 0 Å². The van der Waals surface area contributed by atoms with Gasteiger partial charge in [0, 0.05) is 19.6 Å². The zero-order valence-electron chi connectivity index (χ0n) is 25.1. The van der Waals surface area contributed by atoms with Crippen LogP contribution in [-0.2, 0) is 39.2 Å². The molecule has 1 N–H and O–H groups in total. The first-order valence-electron chi connectivity index (χ1n) is 14.3. The van der Waals surface area contributed by atoms with E-state index in [-0.39, 0.29) is 26.4 Å². The van der Waals surface area contributed by atoms with E-state index in [1.54, 1.807) is 67.8 Å². The van der Waals surface area contributed by atoms with Gasteiger partial charge in [0.1, 0.15) is 11.8 Å². The van der Waals surface area contributed by atoms with Gasteiger partial charge in [-0.3, -0.25) is 9.59 Å². The van der Waals surface area contributed by atoms with Crippen LogP contribution in [0.25, 0.3) is 0 Å².